The van der Waals surface area contributed by atoms with Crippen molar-refractivity contribution in [2.45, 2.75) is 6.92 Å². The first-order valence-electron chi connectivity index (χ1n) is 18.8. The molecule has 9 aromatic carbocycles. The summed E-state index contributed by atoms with van der Waals surface area (Å²) in [5.41, 5.74) is 13.8. The molecule has 0 unspecified atom stereocenters. The van der Waals surface area contributed by atoms with Crippen molar-refractivity contribution in [1.29, 1.82) is 0 Å². The monoisotopic (exact) mass is 702 g/mol. The molecular formula is C52H34N2O. The molecule has 3 nitrogen and oxygen atoms in total. The molecular weight excluding hydrogens is 669 g/mol. The summed E-state index contributed by atoms with van der Waals surface area (Å²) in [5, 5.41) is 6.88. The minimum absolute atomic E-state index is 0.839. The zero-order valence-corrected chi connectivity index (χ0v) is 30.2. The van der Waals surface area contributed by atoms with Crippen molar-refractivity contribution in [3.63, 3.8) is 0 Å². The maximum absolute atomic E-state index is 7.00. The molecule has 0 bridgehead atoms. The first-order chi connectivity index (χ1) is 27.2. The van der Waals surface area contributed by atoms with Crippen LogP contribution in [0.4, 0.5) is 0 Å². The molecule has 11 aromatic rings. The van der Waals surface area contributed by atoms with Crippen LogP contribution in [0.1, 0.15) is 5.56 Å². The van der Waals surface area contributed by atoms with Crippen molar-refractivity contribution in [3.05, 3.63) is 194 Å². The Morgan fingerprint density at radius 2 is 0.982 bits per heavy atom. The lowest BCUT2D eigenvalue weighted by Crippen LogP contribution is -2.02. The SMILES string of the molecule is Cc1ccc(-c2nc3c4ccccc4c4ccccc4c3n2-c2cc(-c3ccccc3)ccc2-c2ccccc2)c2oc3cc(-c4ccccc4)ccc3c12. The number of benzene rings is 9. The Kier molecular flexibility index (Phi) is 7.08. The van der Waals surface area contributed by atoms with Gasteiger partial charge in [-0.25, -0.2) is 4.98 Å². The van der Waals surface area contributed by atoms with Crippen LogP contribution in [0.5, 0.6) is 0 Å². The first-order valence-corrected chi connectivity index (χ1v) is 18.8. The van der Waals surface area contributed by atoms with E-state index in [0.717, 1.165) is 94.2 Å². The van der Waals surface area contributed by atoms with Crippen LogP contribution in [-0.2, 0) is 0 Å². The van der Waals surface area contributed by atoms with Crippen molar-refractivity contribution in [2.75, 3.05) is 0 Å². The van der Waals surface area contributed by atoms with Gasteiger partial charge in [-0.3, -0.25) is 4.57 Å². The number of rotatable bonds is 5. The van der Waals surface area contributed by atoms with Crippen LogP contribution >= 0.6 is 0 Å². The zero-order chi connectivity index (χ0) is 36.5. The Balaban J connectivity index is 1.30. The minimum Gasteiger partial charge on any atom is -0.455 e. The second kappa shape index (κ2) is 12.4. The molecule has 2 aromatic heterocycles. The summed E-state index contributed by atoms with van der Waals surface area (Å²) in [5.74, 6) is 0.839. The second-order valence-electron chi connectivity index (χ2n) is 14.3. The summed E-state index contributed by atoms with van der Waals surface area (Å²) >= 11 is 0. The van der Waals surface area contributed by atoms with Crippen LogP contribution in [0, 0.1) is 6.92 Å². The summed E-state index contributed by atoms with van der Waals surface area (Å²) in [6.45, 7) is 2.17. The highest BCUT2D eigenvalue weighted by molar-refractivity contribution is 6.24. The molecule has 3 heteroatoms. The maximum atomic E-state index is 7.00. The number of aryl methyl sites for hydroxylation is 1. The molecule has 0 fully saturated rings. The predicted octanol–water partition coefficient (Wildman–Crippen LogP) is 14.2. The molecule has 0 atom stereocenters. The van der Waals surface area contributed by atoms with E-state index < -0.39 is 0 Å². The standard InChI is InChI=1S/C52H34N2O/c1-33-25-28-45(51-48(33)44-30-27-38(32-47(44)55-51)35-17-7-3-8-18-35)52-53-49-42-23-13-11-21-40(42)41-22-12-14-24-43(41)50(49)54(52)46-31-37(34-15-5-2-6-16-34)26-29-39(46)36-19-9-4-10-20-36/h2-32H,1H3. The van der Waals surface area contributed by atoms with Gasteiger partial charge in [-0.2, -0.15) is 0 Å². The summed E-state index contributed by atoms with van der Waals surface area (Å²) in [4.78, 5) is 5.69. The first kappa shape index (κ1) is 31.3. The van der Waals surface area contributed by atoms with Crippen molar-refractivity contribution < 1.29 is 4.42 Å². The van der Waals surface area contributed by atoms with Crippen molar-refractivity contribution in [2.24, 2.45) is 0 Å². The number of hydrogen-bond acceptors (Lipinski definition) is 2. The molecule has 11 rings (SSSR count). The van der Waals surface area contributed by atoms with Crippen LogP contribution in [0.2, 0.25) is 0 Å². The highest BCUT2D eigenvalue weighted by Gasteiger charge is 2.25. The molecule has 55 heavy (non-hydrogen) atoms. The number of fused-ring (bicyclic) bond motifs is 9. The third kappa shape index (κ3) is 4.94. The van der Waals surface area contributed by atoms with Crippen LogP contribution in [-0.4, -0.2) is 9.55 Å². The van der Waals surface area contributed by atoms with E-state index in [1.807, 2.05) is 0 Å². The van der Waals surface area contributed by atoms with Gasteiger partial charge in [0.2, 0.25) is 0 Å². The van der Waals surface area contributed by atoms with E-state index >= 15 is 0 Å². The fourth-order valence-electron chi connectivity index (χ4n) is 8.54. The van der Waals surface area contributed by atoms with E-state index in [2.05, 4.69) is 200 Å². The van der Waals surface area contributed by atoms with E-state index in [9.17, 15) is 0 Å². The van der Waals surface area contributed by atoms with Gasteiger partial charge < -0.3 is 4.42 Å². The van der Waals surface area contributed by atoms with Crippen molar-refractivity contribution in [3.8, 4) is 50.5 Å². The topological polar surface area (TPSA) is 31.0 Å². The third-order valence-electron chi connectivity index (χ3n) is 11.1. The Bertz CT molecular complexity index is 3250. The van der Waals surface area contributed by atoms with Crippen molar-refractivity contribution in [1.82, 2.24) is 9.55 Å². The van der Waals surface area contributed by atoms with Gasteiger partial charge in [0.1, 0.15) is 17.0 Å². The highest BCUT2D eigenvalue weighted by Crippen LogP contribution is 2.45. The minimum atomic E-state index is 0.839. The Hall–Kier alpha value is -7.23. The lowest BCUT2D eigenvalue weighted by Gasteiger charge is -2.18. The van der Waals surface area contributed by atoms with Gasteiger partial charge in [0.15, 0.2) is 0 Å². The highest BCUT2D eigenvalue weighted by atomic mass is 16.3. The Labute approximate surface area is 318 Å². The van der Waals surface area contributed by atoms with Gasteiger partial charge in [0.05, 0.1) is 22.3 Å². The Morgan fingerprint density at radius 1 is 0.436 bits per heavy atom. The van der Waals surface area contributed by atoms with Crippen LogP contribution in [0.3, 0.4) is 0 Å². The van der Waals surface area contributed by atoms with E-state index in [4.69, 9.17) is 9.40 Å². The van der Waals surface area contributed by atoms with Gasteiger partial charge >= 0.3 is 0 Å². The smallest absolute Gasteiger partial charge is 0.149 e. The quantitative estimate of drug-likeness (QED) is 0.167. The third-order valence-corrected chi connectivity index (χ3v) is 11.1. The normalized spacial score (nSPS) is 11.7. The van der Waals surface area contributed by atoms with Gasteiger partial charge in [-0.15, -0.1) is 0 Å². The van der Waals surface area contributed by atoms with Gasteiger partial charge in [-0.1, -0.05) is 164 Å². The van der Waals surface area contributed by atoms with Crippen molar-refractivity contribution >= 4 is 54.5 Å². The number of hydrogen-bond donors (Lipinski definition) is 0. The second-order valence-corrected chi connectivity index (χ2v) is 14.3. The maximum Gasteiger partial charge on any atom is 0.149 e. The van der Waals surface area contributed by atoms with Gasteiger partial charge in [0.25, 0.3) is 0 Å². The molecule has 0 saturated heterocycles. The number of aromatic nitrogens is 2. The molecule has 0 aliphatic rings. The number of imidazole rings is 1. The van der Waals surface area contributed by atoms with E-state index in [1.54, 1.807) is 0 Å². The number of furan rings is 1. The fraction of sp³-hybridized carbons (Fsp3) is 0.0192. The summed E-state index contributed by atoms with van der Waals surface area (Å²) < 4.78 is 9.41. The zero-order valence-electron chi connectivity index (χ0n) is 30.2. The average molecular weight is 703 g/mol. The molecule has 0 amide bonds. The summed E-state index contributed by atoms with van der Waals surface area (Å²) in [6, 6.07) is 67.1. The predicted molar refractivity (Wildman–Crippen MR) is 230 cm³/mol. The molecule has 0 radical (unpaired) electrons. The van der Waals surface area contributed by atoms with Gasteiger partial charge in [-0.05, 0) is 75.3 Å². The van der Waals surface area contributed by atoms with E-state index in [1.165, 1.54) is 16.3 Å². The molecule has 0 saturated carbocycles. The van der Waals surface area contributed by atoms with Gasteiger partial charge in [0, 0.05) is 27.1 Å². The molecule has 0 spiro atoms. The average Bonchev–Trinajstić information content (AvgIpc) is 3.85. The van der Waals surface area contributed by atoms with Crippen LogP contribution in [0.25, 0.3) is 105 Å². The molecule has 2 heterocycles. The molecule has 0 N–H and O–H groups in total. The lowest BCUT2D eigenvalue weighted by molar-refractivity contribution is 0.669. The largest absolute Gasteiger partial charge is 0.455 e. The van der Waals surface area contributed by atoms with E-state index in [-0.39, 0.29) is 0 Å². The molecule has 0 aliphatic carbocycles. The van der Waals surface area contributed by atoms with E-state index in [0.29, 0.717) is 0 Å². The number of nitrogens with zero attached hydrogens (tertiary/aromatic N) is 2. The summed E-state index contributed by atoms with van der Waals surface area (Å²) in [6.07, 6.45) is 0. The van der Waals surface area contributed by atoms with Crippen LogP contribution in [0.15, 0.2) is 192 Å². The molecule has 258 valence electrons. The van der Waals surface area contributed by atoms with Crippen LogP contribution < -0.4 is 0 Å². The molecule has 0 aliphatic heterocycles. The fourth-order valence-corrected chi connectivity index (χ4v) is 8.54. The lowest BCUT2D eigenvalue weighted by atomic mass is 9.96. The summed E-state index contributed by atoms with van der Waals surface area (Å²) in [7, 11) is 0. The Morgan fingerprint density at radius 3 is 1.67 bits per heavy atom.